The van der Waals surface area contributed by atoms with Gasteiger partial charge >= 0.3 is 0 Å². The molecule has 0 saturated heterocycles. The Morgan fingerprint density at radius 3 is 2.89 bits per heavy atom. The Balaban J connectivity index is 1.95. The summed E-state index contributed by atoms with van der Waals surface area (Å²) in [6.07, 6.45) is -0.976. The van der Waals surface area contributed by atoms with Gasteiger partial charge in [0, 0.05) is 6.54 Å². The maximum absolute atomic E-state index is 13.2. The molecule has 0 aliphatic heterocycles. The number of amides is 1. The lowest BCUT2D eigenvalue weighted by Crippen LogP contribution is -2.27. The number of carbonyl (C=O) groups is 1. The van der Waals surface area contributed by atoms with Gasteiger partial charge in [-0.2, -0.15) is 0 Å². The fraction of sp³-hybridized carbons (Fsp3) is 0.154. The van der Waals surface area contributed by atoms with Crippen molar-refractivity contribution in [3.63, 3.8) is 0 Å². The molecule has 0 aliphatic rings. The smallest absolute Gasteiger partial charge is 0.261 e. The fourth-order valence-corrected chi connectivity index (χ4v) is 2.28. The Hall–Kier alpha value is -1.43. The average Bonchev–Trinajstić information content (AvgIpc) is 2.92. The minimum Gasteiger partial charge on any atom is -0.387 e. The maximum atomic E-state index is 13.2. The number of hydrogen-bond donors (Lipinski definition) is 2. The van der Waals surface area contributed by atoms with E-state index in [4.69, 9.17) is 11.6 Å². The van der Waals surface area contributed by atoms with Gasteiger partial charge in [-0.05, 0) is 29.1 Å². The summed E-state index contributed by atoms with van der Waals surface area (Å²) in [5.74, 6) is -0.855. The number of rotatable bonds is 4. The number of aliphatic hydroxyl groups is 1. The summed E-state index contributed by atoms with van der Waals surface area (Å²) in [6, 6.07) is 7.51. The van der Waals surface area contributed by atoms with Crippen LogP contribution in [0.25, 0.3) is 0 Å². The maximum Gasteiger partial charge on any atom is 0.261 e. The van der Waals surface area contributed by atoms with Gasteiger partial charge in [-0.25, -0.2) is 4.39 Å². The summed E-state index contributed by atoms with van der Waals surface area (Å²) in [7, 11) is 0. The highest BCUT2D eigenvalue weighted by molar-refractivity contribution is 7.12. The molecule has 2 aromatic rings. The topological polar surface area (TPSA) is 49.3 Å². The predicted molar refractivity (Wildman–Crippen MR) is 73.0 cm³/mol. The molecule has 0 radical (unpaired) electrons. The normalized spacial score (nSPS) is 12.2. The summed E-state index contributed by atoms with van der Waals surface area (Å²) in [6.45, 7) is 0.0117. The van der Waals surface area contributed by atoms with E-state index in [9.17, 15) is 14.3 Å². The summed E-state index contributed by atoms with van der Waals surface area (Å²) in [5.41, 5.74) is 0.369. The molecular formula is C13H11ClFNO2S. The first-order valence-corrected chi connectivity index (χ1v) is 6.78. The van der Waals surface area contributed by atoms with Gasteiger partial charge in [-0.3, -0.25) is 4.79 Å². The Morgan fingerprint density at radius 2 is 2.26 bits per heavy atom. The second-order valence-electron chi connectivity index (χ2n) is 3.88. The van der Waals surface area contributed by atoms with E-state index < -0.39 is 11.9 Å². The molecule has 0 bridgehead atoms. The highest BCUT2D eigenvalue weighted by Crippen LogP contribution is 2.20. The third-order valence-electron chi connectivity index (χ3n) is 2.53. The van der Waals surface area contributed by atoms with Crippen LogP contribution in [-0.2, 0) is 0 Å². The van der Waals surface area contributed by atoms with Crippen molar-refractivity contribution < 1.29 is 14.3 Å². The van der Waals surface area contributed by atoms with Crippen LogP contribution in [0.1, 0.15) is 21.3 Å². The zero-order valence-electron chi connectivity index (χ0n) is 9.77. The third kappa shape index (κ3) is 3.53. The molecule has 6 heteroatoms. The quantitative estimate of drug-likeness (QED) is 0.912. The van der Waals surface area contributed by atoms with Gasteiger partial charge in [0.1, 0.15) is 5.82 Å². The van der Waals surface area contributed by atoms with Crippen molar-refractivity contribution in [2.45, 2.75) is 6.10 Å². The molecule has 0 aliphatic carbocycles. The SMILES string of the molecule is O=C(NCC(O)c1ccc(Cl)c(F)c1)c1cccs1. The molecule has 3 nitrogen and oxygen atoms in total. The summed E-state index contributed by atoms with van der Waals surface area (Å²) < 4.78 is 13.2. The molecule has 1 amide bonds. The van der Waals surface area contributed by atoms with Crippen LogP contribution >= 0.6 is 22.9 Å². The van der Waals surface area contributed by atoms with Gasteiger partial charge < -0.3 is 10.4 Å². The molecule has 100 valence electrons. The Bertz CT molecular complexity index is 574. The van der Waals surface area contributed by atoms with Crippen molar-refractivity contribution in [3.8, 4) is 0 Å². The van der Waals surface area contributed by atoms with Crippen molar-refractivity contribution in [3.05, 3.63) is 57.0 Å². The minimum atomic E-state index is -0.976. The van der Waals surface area contributed by atoms with E-state index in [1.54, 1.807) is 17.5 Å². The monoisotopic (exact) mass is 299 g/mol. The van der Waals surface area contributed by atoms with Crippen LogP contribution in [0.5, 0.6) is 0 Å². The molecule has 2 N–H and O–H groups in total. The van der Waals surface area contributed by atoms with E-state index >= 15 is 0 Å². The number of benzene rings is 1. The molecule has 0 fully saturated rings. The van der Waals surface area contributed by atoms with Crippen molar-refractivity contribution in [1.82, 2.24) is 5.32 Å². The van der Waals surface area contributed by atoms with Crippen molar-refractivity contribution in [2.24, 2.45) is 0 Å². The van der Waals surface area contributed by atoms with Gasteiger partial charge in [-0.15, -0.1) is 11.3 Å². The Labute approximate surface area is 118 Å². The lowest BCUT2D eigenvalue weighted by atomic mass is 10.1. The van der Waals surface area contributed by atoms with Gasteiger partial charge in [0.25, 0.3) is 5.91 Å². The molecule has 1 aromatic heterocycles. The molecular weight excluding hydrogens is 289 g/mol. The van der Waals surface area contributed by atoms with Gasteiger partial charge in [0.2, 0.25) is 0 Å². The van der Waals surface area contributed by atoms with Gasteiger partial charge in [0.05, 0.1) is 16.0 Å². The molecule has 0 spiro atoms. The number of thiophene rings is 1. The van der Waals surface area contributed by atoms with Gasteiger partial charge in [0.15, 0.2) is 0 Å². The number of nitrogens with one attached hydrogen (secondary N) is 1. The van der Waals surface area contributed by atoms with Crippen LogP contribution in [0.3, 0.4) is 0 Å². The van der Waals surface area contributed by atoms with E-state index in [-0.39, 0.29) is 17.5 Å². The minimum absolute atomic E-state index is 0.00132. The van der Waals surface area contributed by atoms with Crippen LogP contribution in [-0.4, -0.2) is 17.6 Å². The third-order valence-corrected chi connectivity index (χ3v) is 3.70. The Kier molecular flexibility index (Phi) is 4.52. The van der Waals surface area contributed by atoms with E-state index in [2.05, 4.69) is 5.32 Å². The molecule has 2 rings (SSSR count). The van der Waals surface area contributed by atoms with Crippen LogP contribution in [0, 0.1) is 5.82 Å². The van der Waals surface area contributed by atoms with Gasteiger partial charge in [-0.1, -0.05) is 23.7 Å². The van der Waals surface area contributed by atoms with Crippen molar-refractivity contribution in [1.29, 1.82) is 0 Å². The Morgan fingerprint density at radius 1 is 1.47 bits per heavy atom. The second kappa shape index (κ2) is 6.14. The van der Waals surface area contributed by atoms with Crippen molar-refractivity contribution in [2.75, 3.05) is 6.54 Å². The zero-order chi connectivity index (χ0) is 13.8. The summed E-state index contributed by atoms with van der Waals surface area (Å²) in [4.78, 5) is 12.2. The van der Waals surface area contributed by atoms with E-state index in [0.717, 1.165) is 6.07 Å². The molecule has 19 heavy (non-hydrogen) atoms. The lowest BCUT2D eigenvalue weighted by molar-refractivity contribution is 0.0920. The number of hydrogen-bond acceptors (Lipinski definition) is 3. The summed E-state index contributed by atoms with van der Waals surface area (Å²) >= 11 is 6.87. The van der Waals surface area contributed by atoms with Crippen LogP contribution in [0.4, 0.5) is 4.39 Å². The number of aliphatic hydroxyl groups excluding tert-OH is 1. The highest BCUT2D eigenvalue weighted by atomic mass is 35.5. The molecule has 0 saturated carbocycles. The first kappa shape index (κ1) is 14.0. The highest BCUT2D eigenvalue weighted by Gasteiger charge is 2.13. The number of halogens is 2. The zero-order valence-corrected chi connectivity index (χ0v) is 11.3. The van der Waals surface area contributed by atoms with E-state index in [1.807, 2.05) is 0 Å². The first-order chi connectivity index (χ1) is 9.08. The lowest BCUT2D eigenvalue weighted by Gasteiger charge is -2.12. The van der Waals surface area contributed by atoms with E-state index in [1.165, 1.54) is 23.5 Å². The molecule has 1 aromatic carbocycles. The molecule has 1 atom stereocenters. The average molecular weight is 300 g/mol. The van der Waals surface area contributed by atoms with E-state index in [0.29, 0.717) is 10.4 Å². The fourth-order valence-electron chi connectivity index (χ4n) is 1.52. The predicted octanol–water partition coefficient (Wildman–Crippen LogP) is 3.00. The van der Waals surface area contributed by atoms with Crippen molar-refractivity contribution >= 4 is 28.8 Å². The van der Waals surface area contributed by atoms with Crippen LogP contribution < -0.4 is 5.32 Å². The standard InChI is InChI=1S/C13H11ClFNO2S/c14-9-4-3-8(6-10(9)15)11(17)7-16-13(18)12-2-1-5-19-12/h1-6,11,17H,7H2,(H,16,18). The molecule has 1 heterocycles. The number of carbonyl (C=O) groups excluding carboxylic acids is 1. The first-order valence-electron chi connectivity index (χ1n) is 5.52. The largest absolute Gasteiger partial charge is 0.387 e. The summed E-state index contributed by atoms with van der Waals surface area (Å²) in [5, 5.41) is 14.2. The van der Waals surface area contributed by atoms with Crippen LogP contribution in [0.2, 0.25) is 5.02 Å². The second-order valence-corrected chi connectivity index (χ2v) is 5.23. The molecule has 1 unspecified atom stereocenters. The van der Waals surface area contributed by atoms with Crippen LogP contribution in [0.15, 0.2) is 35.7 Å².